The molecular formula is C31H41N9O10. The summed E-state index contributed by atoms with van der Waals surface area (Å²) >= 11 is 0. The Morgan fingerprint density at radius 3 is 2.46 bits per heavy atom. The zero-order valence-electron chi connectivity index (χ0n) is 27.0. The first kappa shape index (κ1) is 37.6. The van der Waals surface area contributed by atoms with Crippen molar-refractivity contribution in [3.63, 3.8) is 0 Å². The van der Waals surface area contributed by atoms with Crippen molar-refractivity contribution < 1.29 is 44.3 Å². The molecule has 3 aromatic rings. The van der Waals surface area contributed by atoms with Gasteiger partial charge >= 0.3 is 5.97 Å². The van der Waals surface area contributed by atoms with Crippen LogP contribution in [0.2, 0.25) is 0 Å². The highest BCUT2D eigenvalue weighted by molar-refractivity contribution is 5.97. The lowest BCUT2D eigenvalue weighted by Crippen LogP contribution is -2.51. The van der Waals surface area contributed by atoms with Gasteiger partial charge in [0, 0.05) is 43.6 Å². The van der Waals surface area contributed by atoms with Gasteiger partial charge in [0.25, 0.3) is 11.5 Å². The Balaban J connectivity index is 1.10. The highest BCUT2D eigenvalue weighted by Gasteiger charge is 2.35. The molecule has 1 saturated heterocycles. The number of anilines is 2. The van der Waals surface area contributed by atoms with Gasteiger partial charge in [-0.15, -0.1) is 0 Å². The predicted octanol–water partition coefficient (Wildman–Crippen LogP) is -1.51. The number of aromatic nitrogens is 4. The van der Waals surface area contributed by atoms with Gasteiger partial charge in [-0.25, -0.2) is 14.8 Å². The standard InChI is InChI=1S/C31H41N9O10/c32-31-39-26-24(28(46)40-31)37-18(14-36-26)13-34-17-7-5-16(6-8-17)27(45)38-20(29(47)48)9-10-23(43)33-11-3-1-2-4-22(42)35-15-19-12-21(41)25(44)30(49)50-19/h5-8,14,19-21,25,30,34,41,44,49H,1-4,9-13,15H2,(H,33,43)(H,35,42)(H,38,45)(H,47,48)(H3,32,36,39,40,46)/t19?,20?,21-,25?,30-/m0/s1. The van der Waals surface area contributed by atoms with Crippen molar-refractivity contribution >= 4 is 46.5 Å². The number of aromatic amines is 1. The van der Waals surface area contributed by atoms with E-state index in [9.17, 15) is 44.4 Å². The van der Waals surface area contributed by atoms with Gasteiger partial charge in [0.1, 0.15) is 12.1 Å². The molecule has 4 rings (SSSR count). The third kappa shape index (κ3) is 11.2. The van der Waals surface area contributed by atoms with Gasteiger partial charge in [0.15, 0.2) is 17.5 Å². The van der Waals surface area contributed by atoms with Crippen molar-refractivity contribution in [1.82, 2.24) is 35.9 Å². The molecular weight excluding hydrogens is 658 g/mol. The Morgan fingerprint density at radius 2 is 1.74 bits per heavy atom. The first-order valence-electron chi connectivity index (χ1n) is 16.0. The number of ether oxygens (including phenoxy) is 1. The largest absolute Gasteiger partial charge is 0.480 e. The van der Waals surface area contributed by atoms with Gasteiger partial charge in [-0.3, -0.25) is 24.2 Å². The number of rotatable bonds is 17. The predicted molar refractivity (Wildman–Crippen MR) is 176 cm³/mol. The minimum atomic E-state index is -1.51. The summed E-state index contributed by atoms with van der Waals surface area (Å²) in [6, 6.07) is 4.95. The molecule has 0 saturated carbocycles. The van der Waals surface area contributed by atoms with Crippen LogP contribution in [0.25, 0.3) is 11.2 Å². The minimum absolute atomic E-state index is 0.0447. The fraction of sp³-hybridized carbons (Fsp3) is 0.484. The maximum atomic E-state index is 12.7. The van der Waals surface area contributed by atoms with Crippen LogP contribution in [0.1, 0.15) is 61.0 Å². The lowest BCUT2D eigenvalue weighted by Gasteiger charge is -2.34. The zero-order chi connectivity index (χ0) is 36.2. The van der Waals surface area contributed by atoms with Crippen LogP contribution in [0.5, 0.6) is 0 Å². The highest BCUT2D eigenvalue weighted by Crippen LogP contribution is 2.18. The molecule has 1 aliphatic rings. The first-order valence-corrected chi connectivity index (χ1v) is 16.0. The molecule has 2 aromatic heterocycles. The van der Waals surface area contributed by atoms with Gasteiger partial charge in [-0.1, -0.05) is 6.42 Å². The fourth-order valence-electron chi connectivity index (χ4n) is 5.05. The van der Waals surface area contributed by atoms with E-state index in [0.717, 1.165) is 0 Å². The van der Waals surface area contributed by atoms with E-state index in [1.165, 1.54) is 18.3 Å². The van der Waals surface area contributed by atoms with Crippen LogP contribution < -0.4 is 32.6 Å². The average molecular weight is 700 g/mol. The van der Waals surface area contributed by atoms with Gasteiger partial charge in [0.05, 0.1) is 30.6 Å². The van der Waals surface area contributed by atoms with Crippen molar-refractivity contribution in [2.24, 2.45) is 0 Å². The number of hydrogen-bond donors (Lipinski definition) is 10. The monoisotopic (exact) mass is 699 g/mol. The van der Waals surface area contributed by atoms with Crippen molar-refractivity contribution in [2.45, 2.75) is 82.1 Å². The van der Waals surface area contributed by atoms with Crippen LogP contribution in [-0.4, -0.2) is 108 Å². The van der Waals surface area contributed by atoms with E-state index in [1.54, 1.807) is 12.1 Å². The van der Waals surface area contributed by atoms with E-state index in [-0.39, 0.29) is 73.3 Å². The van der Waals surface area contributed by atoms with Gasteiger partial charge in [-0.05, 0) is 43.5 Å². The molecule has 3 heterocycles. The molecule has 1 fully saturated rings. The van der Waals surface area contributed by atoms with Gasteiger partial charge in [0.2, 0.25) is 17.8 Å². The van der Waals surface area contributed by atoms with Crippen molar-refractivity contribution in [1.29, 1.82) is 0 Å². The summed E-state index contributed by atoms with van der Waals surface area (Å²) in [6.07, 6.45) is -1.36. The molecule has 5 atom stereocenters. The van der Waals surface area contributed by atoms with E-state index < -0.39 is 48.1 Å². The van der Waals surface area contributed by atoms with Crippen LogP contribution in [0.4, 0.5) is 11.6 Å². The number of nitrogens with zero attached hydrogens (tertiary/aromatic N) is 3. The molecule has 50 heavy (non-hydrogen) atoms. The number of carbonyl (C=O) groups excluding carboxylic acids is 3. The Kier molecular flexibility index (Phi) is 13.5. The molecule has 0 spiro atoms. The van der Waals surface area contributed by atoms with Gasteiger partial charge in [-0.2, -0.15) is 4.98 Å². The maximum absolute atomic E-state index is 12.7. The molecule has 3 amide bonds. The van der Waals surface area contributed by atoms with Crippen LogP contribution >= 0.6 is 0 Å². The number of aliphatic hydroxyl groups is 3. The molecule has 3 unspecified atom stereocenters. The molecule has 19 heteroatoms. The molecule has 0 aliphatic carbocycles. The number of carbonyl (C=O) groups is 4. The third-order valence-electron chi connectivity index (χ3n) is 7.82. The first-order chi connectivity index (χ1) is 23.9. The van der Waals surface area contributed by atoms with Crippen LogP contribution in [0.15, 0.2) is 35.3 Å². The number of unbranched alkanes of at least 4 members (excludes halogenated alkanes) is 2. The molecule has 0 radical (unpaired) electrons. The molecule has 270 valence electrons. The molecule has 0 bridgehead atoms. The number of nitrogens with two attached hydrogens (primary N) is 1. The Bertz CT molecular complexity index is 1690. The zero-order valence-corrected chi connectivity index (χ0v) is 27.0. The van der Waals surface area contributed by atoms with E-state index in [4.69, 9.17) is 10.5 Å². The molecule has 1 aliphatic heterocycles. The Morgan fingerprint density at radius 1 is 1.00 bits per heavy atom. The number of aliphatic carboxylic acids is 1. The number of carboxylic acid groups (broad SMARTS) is 1. The van der Waals surface area contributed by atoms with E-state index in [0.29, 0.717) is 37.2 Å². The topological polar surface area (TPSA) is 304 Å². The Labute approximate surface area is 285 Å². The number of amides is 3. The average Bonchev–Trinajstić information content (AvgIpc) is 3.08. The second kappa shape index (κ2) is 18.0. The summed E-state index contributed by atoms with van der Waals surface area (Å²) in [5.74, 6) is -2.58. The normalized spacial score (nSPS) is 19.3. The third-order valence-corrected chi connectivity index (χ3v) is 7.82. The smallest absolute Gasteiger partial charge is 0.326 e. The van der Waals surface area contributed by atoms with Crippen LogP contribution in [0.3, 0.4) is 0 Å². The highest BCUT2D eigenvalue weighted by atomic mass is 16.6. The van der Waals surface area contributed by atoms with Crippen LogP contribution in [-0.2, 0) is 25.7 Å². The molecule has 1 aromatic carbocycles. The quantitative estimate of drug-likeness (QED) is 0.0717. The fourth-order valence-corrected chi connectivity index (χ4v) is 5.05. The maximum Gasteiger partial charge on any atom is 0.326 e. The number of nitrogen functional groups attached to an aromatic ring is 1. The number of benzene rings is 1. The molecule has 11 N–H and O–H groups in total. The summed E-state index contributed by atoms with van der Waals surface area (Å²) in [4.78, 5) is 75.5. The van der Waals surface area contributed by atoms with Crippen LogP contribution in [0, 0.1) is 0 Å². The van der Waals surface area contributed by atoms with Crippen molar-refractivity contribution in [2.75, 3.05) is 24.1 Å². The van der Waals surface area contributed by atoms with E-state index in [2.05, 4.69) is 41.2 Å². The Hall–Kier alpha value is -5.24. The number of aliphatic hydroxyl groups excluding tert-OH is 3. The number of fused-ring (bicyclic) bond motifs is 1. The molecule has 19 nitrogen and oxygen atoms in total. The SMILES string of the molecule is Nc1nc2ncc(CNc3ccc(C(=O)NC(CCC(=O)NCCCCCC(=O)NCC4C[C@H](O)C(O)[C@@H](O)O4)C(=O)O)cc3)nc2c(=O)[nH]1. The number of H-pyrrole nitrogens is 1. The number of hydrogen-bond acceptors (Lipinski definition) is 14. The van der Waals surface area contributed by atoms with Crippen molar-refractivity contribution in [3.05, 3.63) is 52.1 Å². The minimum Gasteiger partial charge on any atom is -0.480 e. The van der Waals surface area contributed by atoms with Gasteiger partial charge < -0.3 is 52.2 Å². The summed E-state index contributed by atoms with van der Waals surface area (Å²) in [5, 5.41) is 49.2. The summed E-state index contributed by atoms with van der Waals surface area (Å²) < 4.78 is 5.14. The second-order valence-electron chi connectivity index (χ2n) is 11.7. The second-order valence-corrected chi connectivity index (χ2v) is 11.7. The number of carboxylic acids is 1. The van der Waals surface area contributed by atoms with Crippen molar-refractivity contribution in [3.8, 4) is 0 Å². The lowest BCUT2D eigenvalue weighted by molar-refractivity contribution is -0.245. The lowest BCUT2D eigenvalue weighted by atomic mass is 10.0. The summed E-state index contributed by atoms with van der Waals surface area (Å²) in [6.45, 7) is 0.627. The number of nitrogens with one attached hydrogen (secondary N) is 5. The van der Waals surface area contributed by atoms with E-state index in [1.807, 2.05) is 0 Å². The summed E-state index contributed by atoms with van der Waals surface area (Å²) in [7, 11) is 0. The summed E-state index contributed by atoms with van der Waals surface area (Å²) in [5.41, 5.74) is 6.46. The van der Waals surface area contributed by atoms with E-state index >= 15 is 0 Å².